The van der Waals surface area contributed by atoms with Crippen molar-refractivity contribution in [3.63, 3.8) is 0 Å². The molecule has 1 atom stereocenters. The Bertz CT molecular complexity index is 595. The predicted molar refractivity (Wildman–Crippen MR) is 109 cm³/mol. The zero-order chi connectivity index (χ0) is 18.4. The second kappa shape index (κ2) is 9.15. The van der Waals surface area contributed by atoms with E-state index in [2.05, 4.69) is 41.1 Å². The second-order valence-corrected chi connectivity index (χ2v) is 7.64. The summed E-state index contributed by atoms with van der Waals surface area (Å²) in [5, 5.41) is 3.49. The maximum Gasteiger partial charge on any atom is 0.193 e. The maximum absolute atomic E-state index is 5.53. The first-order valence-corrected chi connectivity index (χ1v) is 10.1. The Morgan fingerprint density at radius 1 is 1.19 bits per heavy atom. The average Bonchev–Trinajstić information content (AvgIpc) is 3.14. The highest BCUT2D eigenvalue weighted by atomic mass is 16.5. The van der Waals surface area contributed by atoms with Gasteiger partial charge in [-0.05, 0) is 50.2 Å². The predicted octanol–water partition coefficient (Wildman–Crippen LogP) is 3.22. The van der Waals surface area contributed by atoms with E-state index in [-0.39, 0.29) is 0 Å². The van der Waals surface area contributed by atoms with Gasteiger partial charge in [-0.3, -0.25) is 4.99 Å². The lowest BCUT2D eigenvalue weighted by Gasteiger charge is -2.33. The highest BCUT2D eigenvalue weighted by Crippen LogP contribution is 2.32. The summed E-state index contributed by atoms with van der Waals surface area (Å²) in [4.78, 5) is 9.87. The summed E-state index contributed by atoms with van der Waals surface area (Å²) in [6, 6.07) is 8.32. The third-order valence-corrected chi connectivity index (χ3v) is 5.63. The maximum atomic E-state index is 5.53. The van der Waals surface area contributed by atoms with Gasteiger partial charge in [-0.25, -0.2) is 0 Å². The number of para-hydroxylation sites is 2. The molecule has 5 heteroatoms. The summed E-state index contributed by atoms with van der Waals surface area (Å²) in [6.45, 7) is 10.7. The summed E-state index contributed by atoms with van der Waals surface area (Å²) in [5.41, 5.74) is 1.21. The lowest BCUT2D eigenvalue weighted by atomic mass is 9.99. The third-order valence-electron chi connectivity index (χ3n) is 5.63. The van der Waals surface area contributed by atoms with Gasteiger partial charge in [0.15, 0.2) is 5.96 Å². The highest BCUT2D eigenvalue weighted by molar-refractivity contribution is 5.80. The fourth-order valence-electron chi connectivity index (χ4n) is 3.95. The van der Waals surface area contributed by atoms with E-state index in [1.54, 1.807) is 7.11 Å². The molecule has 2 aliphatic rings. The zero-order valence-electron chi connectivity index (χ0n) is 16.6. The number of hydrogen-bond donors (Lipinski definition) is 1. The number of rotatable bonds is 5. The molecule has 0 amide bonds. The van der Waals surface area contributed by atoms with Crippen LogP contribution in [-0.2, 0) is 0 Å². The number of ether oxygens (including phenoxy) is 1. The monoisotopic (exact) mass is 358 g/mol. The number of anilines is 1. The molecule has 2 fully saturated rings. The molecule has 144 valence electrons. The van der Waals surface area contributed by atoms with Gasteiger partial charge >= 0.3 is 0 Å². The molecule has 0 aliphatic carbocycles. The second-order valence-electron chi connectivity index (χ2n) is 7.64. The van der Waals surface area contributed by atoms with Gasteiger partial charge in [0.25, 0.3) is 0 Å². The fraction of sp³-hybridized carbons (Fsp3) is 0.667. The summed E-state index contributed by atoms with van der Waals surface area (Å²) >= 11 is 0. The molecular weight excluding hydrogens is 324 g/mol. The quantitative estimate of drug-likeness (QED) is 0.648. The van der Waals surface area contributed by atoms with Gasteiger partial charge in [0.2, 0.25) is 0 Å². The smallest absolute Gasteiger partial charge is 0.193 e. The SMILES string of the molecule is CCNC(=NCC1CCN(c2ccccc2OC)C1)N1CCC(C)CC1. The molecule has 2 heterocycles. The van der Waals surface area contributed by atoms with E-state index in [9.17, 15) is 0 Å². The normalized spacial score (nSPS) is 22.0. The number of nitrogens with zero attached hydrogens (tertiary/aromatic N) is 3. The van der Waals surface area contributed by atoms with Crippen LogP contribution in [-0.4, -0.2) is 57.2 Å². The average molecular weight is 359 g/mol. The number of likely N-dealkylation sites (tertiary alicyclic amines) is 1. The van der Waals surface area contributed by atoms with Gasteiger partial charge < -0.3 is 19.9 Å². The van der Waals surface area contributed by atoms with Crippen LogP contribution in [0.1, 0.15) is 33.1 Å². The van der Waals surface area contributed by atoms with Crippen molar-refractivity contribution in [2.24, 2.45) is 16.8 Å². The Morgan fingerprint density at radius 2 is 1.96 bits per heavy atom. The minimum Gasteiger partial charge on any atom is -0.495 e. The van der Waals surface area contributed by atoms with Crippen molar-refractivity contribution in [2.45, 2.75) is 33.1 Å². The first-order valence-electron chi connectivity index (χ1n) is 10.1. The lowest BCUT2D eigenvalue weighted by molar-refractivity contribution is 0.273. The van der Waals surface area contributed by atoms with Crippen LogP contribution in [0.25, 0.3) is 0 Å². The van der Waals surface area contributed by atoms with Crippen molar-refractivity contribution in [3.05, 3.63) is 24.3 Å². The molecule has 3 rings (SSSR count). The zero-order valence-corrected chi connectivity index (χ0v) is 16.6. The molecule has 1 N–H and O–H groups in total. The van der Waals surface area contributed by atoms with Gasteiger partial charge in [0.1, 0.15) is 5.75 Å². The van der Waals surface area contributed by atoms with Crippen LogP contribution in [0.15, 0.2) is 29.3 Å². The Morgan fingerprint density at radius 3 is 2.69 bits per heavy atom. The van der Waals surface area contributed by atoms with Crippen molar-refractivity contribution < 1.29 is 4.74 Å². The number of nitrogens with one attached hydrogen (secondary N) is 1. The number of benzene rings is 1. The number of hydrogen-bond acceptors (Lipinski definition) is 3. The minimum absolute atomic E-state index is 0.609. The van der Waals surface area contributed by atoms with Crippen LogP contribution in [0.3, 0.4) is 0 Å². The van der Waals surface area contributed by atoms with Gasteiger partial charge in [-0.1, -0.05) is 19.1 Å². The van der Waals surface area contributed by atoms with E-state index in [4.69, 9.17) is 9.73 Å². The first-order chi connectivity index (χ1) is 12.7. The van der Waals surface area contributed by atoms with Crippen molar-refractivity contribution >= 4 is 11.6 Å². The topological polar surface area (TPSA) is 40.1 Å². The first kappa shape index (κ1) is 18.9. The molecule has 0 spiro atoms. The number of guanidine groups is 1. The molecule has 0 bridgehead atoms. The molecule has 1 aromatic carbocycles. The number of aliphatic imine (C=N–C) groups is 1. The molecule has 26 heavy (non-hydrogen) atoms. The number of methoxy groups -OCH3 is 1. The van der Waals surface area contributed by atoms with Crippen molar-refractivity contribution in [1.29, 1.82) is 0 Å². The van der Waals surface area contributed by atoms with E-state index in [1.807, 2.05) is 12.1 Å². The largest absolute Gasteiger partial charge is 0.495 e. The summed E-state index contributed by atoms with van der Waals surface area (Å²) < 4.78 is 5.53. The Kier molecular flexibility index (Phi) is 6.64. The van der Waals surface area contributed by atoms with Gasteiger partial charge in [0.05, 0.1) is 12.8 Å². The van der Waals surface area contributed by atoms with Crippen LogP contribution >= 0.6 is 0 Å². The molecule has 0 radical (unpaired) electrons. The van der Waals surface area contributed by atoms with Crippen LogP contribution in [0.2, 0.25) is 0 Å². The van der Waals surface area contributed by atoms with E-state index >= 15 is 0 Å². The van der Waals surface area contributed by atoms with Crippen molar-refractivity contribution in [3.8, 4) is 5.75 Å². The summed E-state index contributed by atoms with van der Waals surface area (Å²) in [6.07, 6.45) is 3.74. The number of piperidine rings is 1. The lowest BCUT2D eigenvalue weighted by Crippen LogP contribution is -2.45. The van der Waals surface area contributed by atoms with Crippen molar-refractivity contribution in [1.82, 2.24) is 10.2 Å². The summed E-state index contributed by atoms with van der Waals surface area (Å²) in [5.74, 6) is 3.53. The summed E-state index contributed by atoms with van der Waals surface area (Å²) in [7, 11) is 1.75. The van der Waals surface area contributed by atoms with E-state index < -0.39 is 0 Å². The van der Waals surface area contributed by atoms with E-state index in [1.165, 1.54) is 24.9 Å². The Labute approximate surface area is 158 Å². The van der Waals surface area contributed by atoms with Crippen LogP contribution in [0.5, 0.6) is 5.75 Å². The highest BCUT2D eigenvalue weighted by Gasteiger charge is 2.25. The molecule has 5 nitrogen and oxygen atoms in total. The molecule has 1 unspecified atom stereocenters. The standard InChI is InChI=1S/C21H34N4O/c1-4-22-21(24-12-9-17(2)10-13-24)23-15-18-11-14-25(16-18)19-7-5-6-8-20(19)26-3/h5-8,17-18H,4,9-16H2,1-3H3,(H,22,23). The van der Waals surface area contributed by atoms with Gasteiger partial charge in [-0.2, -0.15) is 0 Å². The molecular formula is C21H34N4O. The molecule has 2 saturated heterocycles. The van der Waals surface area contributed by atoms with E-state index in [0.29, 0.717) is 5.92 Å². The Balaban J connectivity index is 1.59. The van der Waals surface area contributed by atoms with Gasteiger partial charge in [0, 0.05) is 39.3 Å². The minimum atomic E-state index is 0.609. The molecule has 1 aromatic rings. The van der Waals surface area contributed by atoms with Crippen molar-refractivity contribution in [2.75, 3.05) is 51.3 Å². The molecule has 0 aromatic heterocycles. The van der Waals surface area contributed by atoms with Gasteiger partial charge in [-0.15, -0.1) is 0 Å². The Hall–Kier alpha value is -1.91. The van der Waals surface area contributed by atoms with Crippen LogP contribution in [0.4, 0.5) is 5.69 Å². The van der Waals surface area contributed by atoms with E-state index in [0.717, 1.165) is 56.9 Å². The molecule has 0 saturated carbocycles. The van der Waals surface area contributed by atoms with Crippen LogP contribution in [0, 0.1) is 11.8 Å². The third kappa shape index (κ3) is 4.63. The molecule has 2 aliphatic heterocycles. The van der Waals surface area contributed by atoms with Crippen LogP contribution < -0.4 is 15.0 Å². The fourth-order valence-corrected chi connectivity index (χ4v) is 3.95.